The maximum atomic E-state index is 12.3. The summed E-state index contributed by atoms with van der Waals surface area (Å²) in [7, 11) is 0. The van der Waals surface area contributed by atoms with Crippen molar-refractivity contribution < 1.29 is 18.5 Å². The second kappa shape index (κ2) is 6.63. The van der Waals surface area contributed by atoms with Gasteiger partial charge in [0.05, 0.1) is 12.4 Å². The lowest BCUT2D eigenvalue weighted by Gasteiger charge is -2.61. The first kappa shape index (κ1) is 16.3. The van der Waals surface area contributed by atoms with Crippen LogP contribution in [0.15, 0.2) is 27.3 Å². The lowest BCUT2D eigenvalue weighted by molar-refractivity contribution is -0.175. The predicted octanol–water partition coefficient (Wildman–Crippen LogP) is 2.73. The molecule has 0 saturated heterocycles. The van der Waals surface area contributed by atoms with Gasteiger partial charge in [0.1, 0.15) is 0 Å². The number of nitrogens with zero attached hydrogens (tertiary/aromatic N) is 2. The Morgan fingerprint density at radius 2 is 2.36 bits per heavy atom. The number of aromatic nitrogens is 2. The Bertz CT molecular complexity index is 721. The predicted molar refractivity (Wildman–Crippen MR) is 88.6 cm³/mol. The van der Waals surface area contributed by atoms with Gasteiger partial charge < -0.3 is 19.0 Å². The van der Waals surface area contributed by atoms with Crippen molar-refractivity contribution in [2.24, 2.45) is 5.41 Å². The lowest BCUT2D eigenvalue weighted by Crippen LogP contribution is -2.67. The number of amides is 1. The van der Waals surface area contributed by atoms with Crippen molar-refractivity contribution in [1.29, 1.82) is 0 Å². The molecule has 7 heteroatoms. The van der Waals surface area contributed by atoms with E-state index < -0.39 is 0 Å². The summed E-state index contributed by atoms with van der Waals surface area (Å²) in [5.41, 5.74) is 0.183. The number of carbonyl (C=O) groups is 1. The lowest BCUT2D eigenvalue weighted by atomic mass is 9.51. The molecule has 4 rings (SSSR count). The number of aryl methyl sites for hydroxylation is 1. The fourth-order valence-corrected chi connectivity index (χ4v) is 3.99. The number of carbonyl (C=O) groups excluding carboxylic acids is 1. The number of hydrogen-bond acceptors (Lipinski definition) is 6. The molecule has 0 aliphatic heterocycles. The van der Waals surface area contributed by atoms with Gasteiger partial charge in [-0.3, -0.25) is 4.79 Å². The minimum Gasteiger partial charge on any atom is -0.461 e. The highest BCUT2D eigenvalue weighted by atomic mass is 16.5. The Hall–Kier alpha value is -2.15. The average molecular weight is 345 g/mol. The molecule has 2 aromatic rings. The van der Waals surface area contributed by atoms with Gasteiger partial charge in [0, 0.05) is 30.9 Å². The minimum atomic E-state index is 0.0315. The fourth-order valence-electron chi connectivity index (χ4n) is 3.99. The highest BCUT2D eigenvalue weighted by molar-refractivity contribution is 5.76. The Kier molecular flexibility index (Phi) is 4.33. The number of rotatable bonds is 7. The molecule has 0 unspecified atom stereocenters. The maximum absolute atomic E-state index is 12.3. The topological polar surface area (TPSA) is 90.4 Å². The normalized spacial score (nSPS) is 23.9. The van der Waals surface area contributed by atoms with Crippen molar-refractivity contribution in [2.75, 3.05) is 6.61 Å². The third-order valence-electron chi connectivity index (χ3n) is 5.55. The summed E-state index contributed by atoms with van der Waals surface area (Å²) in [6, 6.07) is 3.78. The average Bonchev–Trinajstić information content (AvgIpc) is 3.21. The van der Waals surface area contributed by atoms with Crippen molar-refractivity contribution in [2.45, 2.75) is 57.6 Å². The van der Waals surface area contributed by atoms with E-state index in [1.807, 2.05) is 6.92 Å². The monoisotopic (exact) mass is 345 g/mol. The van der Waals surface area contributed by atoms with Crippen molar-refractivity contribution in [3.8, 4) is 11.6 Å². The van der Waals surface area contributed by atoms with E-state index in [4.69, 9.17) is 13.7 Å². The van der Waals surface area contributed by atoms with Crippen LogP contribution in [0.25, 0.3) is 11.6 Å². The molecule has 0 radical (unpaired) electrons. The zero-order valence-corrected chi connectivity index (χ0v) is 14.4. The standard InChI is InChI=1S/C18H23N3O4/c1-2-23-14-11-13(18(14)8-4-9-18)19-15(22)6-7-16-20-17(21-25-16)12-5-3-10-24-12/h3,5,10,13-14H,2,4,6-9,11H2,1H3,(H,19,22)/t13-,14-/m1/s1. The second-order valence-corrected chi connectivity index (χ2v) is 6.88. The molecule has 1 amide bonds. The van der Waals surface area contributed by atoms with E-state index in [1.165, 1.54) is 6.42 Å². The molecule has 0 bridgehead atoms. The molecule has 2 aliphatic rings. The third kappa shape index (κ3) is 2.97. The van der Waals surface area contributed by atoms with Crippen LogP contribution < -0.4 is 5.32 Å². The van der Waals surface area contributed by atoms with E-state index in [-0.39, 0.29) is 17.4 Å². The van der Waals surface area contributed by atoms with E-state index in [0.29, 0.717) is 36.4 Å². The van der Waals surface area contributed by atoms with Gasteiger partial charge in [-0.2, -0.15) is 4.98 Å². The second-order valence-electron chi connectivity index (χ2n) is 6.88. The number of ether oxygens (including phenoxy) is 1. The molecule has 7 nitrogen and oxygen atoms in total. The van der Waals surface area contributed by atoms with Crippen LogP contribution in [-0.4, -0.2) is 34.8 Å². The first-order chi connectivity index (χ1) is 12.2. The number of hydrogen-bond donors (Lipinski definition) is 1. The molecule has 2 atom stereocenters. The third-order valence-corrected chi connectivity index (χ3v) is 5.55. The van der Waals surface area contributed by atoms with Crippen molar-refractivity contribution in [1.82, 2.24) is 15.5 Å². The largest absolute Gasteiger partial charge is 0.461 e. The summed E-state index contributed by atoms with van der Waals surface area (Å²) in [4.78, 5) is 16.5. The van der Waals surface area contributed by atoms with E-state index in [2.05, 4.69) is 15.5 Å². The first-order valence-electron chi connectivity index (χ1n) is 8.99. The minimum absolute atomic E-state index is 0.0315. The van der Waals surface area contributed by atoms with E-state index in [0.717, 1.165) is 25.9 Å². The van der Waals surface area contributed by atoms with Gasteiger partial charge in [-0.25, -0.2) is 0 Å². The molecule has 2 aliphatic carbocycles. The van der Waals surface area contributed by atoms with E-state index in [1.54, 1.807) is 18.4 Å². The van der Waals surface area contributed by atoms with Crippen LogP contribution in [0, 0.1) is 5.41 Å². The van der Waals surface area contributed by atoms with E-state index >= 15 is 0 Å². The summed E-state index contributed by atoms with van der Waals surface area (Å²) in [6.07, 6.45) is 7.08. The first-order valence-corrected chi connectivity index (χ1v) is 8.99. The molecular formula is C18H23N3O4. The molecule has 0 aromatic carbocycles. The SMILES string of the molecule is CCO[C@@H]1C[C@@H](NC(=O)CCc2nc(-c3ccco3)no2)C12CCC2. The summed E-state index contributed by atoms with van der Waals surface area (Å²) in [5.74, 6) is 1.44. The summed E-state index contributed by atoms with van der Waals surface area (Å²) < 4.78 is 16.2. The number of furan rings is 1. The Balaban J connectivity index is 1.27. The van der Waals surface area contributed by atoms with Crippen molar-refractivity contribution >= 4 is 5.91 Å². The maximum Gasteiger partial charge on any atom is 0.238 e. The molecule has 2 aromatic heterocycles. The van der Waals surface area contributed by atoms with Crippen molar-refractivity contribution in [3.05, 3.63) is 24.3 Å². The molecule has 2 saturated carbocycles. The molecule has 25 heavy (non-hydrogen) atoms. The van der Waals surface area contributed by atoms with Crippen LogP contribution in [-0.2, 0) is 16.0 Å². The van der Waals surface area contributed by atoms with E-state index in [9.17, 15) is 4.79 Å². The fraction of sp³-hybridized carbons (Fsp3) is 0.611. The van der Waals surface area contributed by atoms with Crippen LogP contribution in [0.4, 0.5) is 0 Å². The zero-order chi connectivity index (χ0) is 17.3. The molecule has 2 fully saturated rings. The van der Waals surface area contributed by atoms with Crippen LogP contribution in [0.1, 0.15) is 44.9 Å². The van der Waals surface area contributed by atoms with Gasteiger partial charge in [0.15, 0.2) is 5.76 Å². The van der Waals surface area contributed by atoms with Gasteiger partial charge in [0.25, 0.3) is 0 Å². The Morgan fingerprint density at radius 1 is 1.48 bits per heavy atom. The molecule has 134 valence electrons. The summed E-state index contributed by atoms with van der Waals surface area (Å²) >= 11 is 0. The molecule has 1 N–H and O–H groups in total. The van der Waals surface area contributed by atoms with Crippen LogP contribution >= 0.6 is 0 Å². The Morgan fingerprint density at radius 3 is 3.04 bits per heavy atom. The van der Waals surface area contributed by atoms with Crippen LogP contribution in [0.5, 0.6) is 0 Å². The molecular weight excluding hydrogens is 322 g/mol. The Labute approximate surface area is 146 Å². The van der Waals surface area contributed by atoms with Crippen LogP contribution in [0.2, 0.25) is 0 Å². The summed E-state index contributed by atoms with van der Waals surface area (Å²) in [5, 5.41) is 7.05. The van der Waals surface area contributed by atoms with Gasteiger partial charge in [-0.15, -0.1) is 0 Å². The quantitative estimate of drug-likeness (QED) is 0.830. The highest BCUT2D eigenvalue weighted by Gasteiger charge is 2.59. The number of nitrogens with one attached hydrogen (secondary N) is 1. The van der Waals surface area contributed by atoms with Gasteiger partial charge in [-0.1, -0.05) is 11.6 Å². The molecule has 2 heterocycles. The molecule has 1 spiro atoms. The van der Waals surface area contributed by atoms with Crippen molar-refractivity contribution in [3.63, 3.8) is 0 Å². The zero-order valence-electron chi connectivity index (χ0n) is 14.4. The smallest absolute Gasteiger partial charge is 0.238 e. The van der Waals surface area contributed by atoms with Gasteiger partial charge >= 0.3 is 0 Å². The van der Waals surface area contributed by atoms with Gasteiger partial charge in [-0.05, 0) is 38.3 Å². The van der Waals surface area contributed by atoms with Gasteiger partial charge in [0.2, 0.25) is 17.6 Å². The van der Waals surface area contributed by atoms with Crippen LogP contribution in [0.3, 0.4) is 0 Å². The highest BCUT2D eigenvalue weighted by Crippen LogP contribution is 2.57. The summed E-state index contributed by atoms with van der Waals surface area (Å²) in [6.45, 7) is 2.77.